The van der Waals surface area contributed by atoms with Gasteiger partial charge in [-0.1, -0.05) is 0 Å². The molecule has 2 heterocycles. The fourth-order valence-electron chi connectivity index (χ4n) is 0.894. The summed E-state index contributed by atoms with van der Waals surface area (Å²) in [7, 11) is 1.86. The third kappa shape index (κ3) is 1.000. The van der Waals surface area contributed by atoms with Crippen LogP contribution in [0.4, 0.5) is 0 Å². The molecule has 5 nitrogen and oxygen atoms in total. The predicted octanol–water partition coefficient (Wildman–Crippen LogP) is 0.205. The van der Waals surface area contributed by atoms with Crippen LogP contribution >= 0.6 is 0 Å². The summed E-state index contributed by atoms with van der Waals surface area (Å²) in [5.41, 5.74) is 1.79. The Morgan fingerprint density at radius 1 is 1.45 bits per heavy atom. The molecule has 0 amide bonds. The second kappa shape index (κ2) is 2.19. The highest BCUT2D eigenvalue weighted by Crippen LogP contribution is 2.11. The maximum Gasteiger partial charge on any atom is 0.115 e. The Kier molecular flexibility index (Phi) is 1.21. The molecule has 2 aromatic heterocycles. The molecular weight excluding hydrogens is 142 g/mol. The molecule has 0 radical (unpaired) electrons. The topological polar surface area (TPSA) is 59.4 Å². The van der Waals surface area contributed by atoms with Crippen molar-refractivity contribution < 1.29 is 0 Å². The van der Waals surface area contributed by atoms with E-state index in [-0.39, 0.29) is 0 Å². The van der Waals surface area contributed by atoms with Crippen molar-refractivity contribution in [2.45, 2.75) is 0 Å². The number of aromatic amines is 1. The van der Waals surface area contributed by atoms with Crippen LogP contribution in [0.1, 0.15) is 0 Å². The minimum atomic E-state index is 0.818. The Labute approximate surface area is 63.0 Å². The molecule has 1 N–H and O–H groups in total. The number of hydrogen-bond donors (Lipinski definition) is 1. The number of nitrogens with zero attached hydrogens (tertiary/aromatic N) is 4. The second-order valence-electron chi connectivity index (χ2n) is 2.26. The van der Waals surface area contributed by atoms with Gasteiger partial charge < -0.3 is 0 Å². The van der Waals surface area contributed by atoms with Gasteiger partial charge >= 0.3 is 0 Å². The van der Waals surface area contributed by atoms with Crippen LogP contribution in [-0.4, -0.2) is 25.2 Å². The largest absolute Gasteiger partial charge is 0.275 e. The Hall–Kier alpha value is -1.65. The van der Waals surface area contributed by atoms with Gasteiger partial charge in [0, 0.05) is 18.8 Å². The summed E-state index contributed by atoms with van der Waals surface area (Å²) in [6.45, 7) is 0. The molecule has 0 saturated carbocycles. The monoisotopic (exact) mass is 149 g/mol. The van der Waals surface area contributed by atoms with Gasteiger partial charge in [0.25, 0.3) is 0 Å². The van der Waals surface area contributed by atoms with Crippen molar-refractivity contribution in [3.05, 3.63) is 18.6 Å². The average Bonchev–Trinajstić information content (AvgIpc) is 2.55. The molecule has 0 atom stereocenters. The Balaban J connectivity index is 2.45. The van der Waals surface area contributed by atoms with Crippen LogP contribution in [0, 0.1) is 0 Å². The van der Waals surface area contributed by atoms with Gasteiger partial charge in [0.05, 0.1) is 12.4 Å². The minimum Gasteiger partial charge on any atom is -0.275 e. The smallest absolute Gasteiger partial charge is 0.115 e. The van der Waals surface area contributed by atoms with E-state index in [9.17, 15) is 0 Å². The van der Waals surface area contributed by atoms with Gasteiger partial charge in [-0.05, 0) is 0 Å². The third-order valence-electron chi connectivity index (χ3n) is 1.42. The Morgan fingerprint density at radius 3 is 2.91 bits per heavy atom. The summed E-state index contributed by atoms with van der Waals surface area (Å²) >= 11 is 0. The standard InChI is InChI=1S/C6H7N5/c1-11-4-5(2-8-11)6-3-7-10-9-6/h2-4H,1H3,(H,7,9,10). The van der Waals surface area contributed by atoms with E-state index in [1.807, 2.05) is 13.2 Å². The minimum absolute atomic E-state index is 0.818. The van der Waals surface area contributed by atoms with Crippen LogP contribution < -0.4 is 0 Å². The number of hydrogen-bond acceptors (Lipinski definition) is 3. The zero-order chi connectivity index (χ0) is 7.68. The van der Waals surface area contributed by atoms with Crippen molar-refractivity contribution in [3.63, 3.8) is 0 Å². The molecule has 56 valence electrons. The fourth-order valence-corrected chi connectivity index (χ4v) is 0.894. The number of nitrogens with one attached hydrogen (secondary N) is 1. The van der Waals surface area contributed by atoms with Gasteiger partial charge in [-0.2, -0.15) is 20.5 Å². The molecule has 11 heavy (non-hydrogen) atoms. The molecule has 0 bridgehead atoms. The zero-order valence-electron chi connectivity index (χ0n) is 6.02. The van der Waals surface area contributed by atoms with E-state index in [2.05, 4.69) is 20.5 Å². The number of aryl methyl sites for hydroxylation is 1. The lowest BCUT2D eigenvalue weighted by Crippen LogP contribution is -1.84. The van der Waals surface area contributed by atoms with Gasteiger partial charge in [-0.25, -0.2) is 0 Å². The van der Waals surface area contributed by atoms with Gasteiger partial charge in [-0.3, -0.25) is 4.68 Å². The lowest BCUT2D eigenvalue weighted by atomic mass is 10.3. The first-order chi connectivity index (χ1) is 5.36. The van der Waals surface area contributed by atoms with Crippen LogP contribution in [-0.2, 0) is 7.05 Å². The van der Waals surface area contributed by atoms with Crippen LogP contribution in [0.5, 0.6) is 0 Å². The number of H-pyrrole nitrogens is 1. The molecule has 0 aliphatic rings. The van der Waals surface area contributed by atoms with Crippen molar-refractivity contribution in [1.29, 1.82) is 0 Å². The molecule has 2 rings (SSSR count). The molecule has 2 aromatic rings. The lowest BCUT2D eigenvalue weighted by Gasteiger charge is -1.83. The van der Waals surface area contributed by atoms with E-state index in [1.165, 1.54) is 0 Å². The summed E-state index contributed by atoms with van der Waals surface area (Å²) in [4.78, 5) is 0. The van der Waals surface area contributed by atoms with E-state index in [1.54, 1.807) is 17.1 Å². The fraction of sp³-hybridized carbons (Fsp3) is 0.167. The zero-order valence-corrected chi connectivity index (χ0v) is 6.02. The van der Waals surface area contributed by atoms with Crippen LogP contribution in [0.15, 0.2) is 18.6 Å². The Bertz CT molecular complexity index is 333. The third-order valence-corrected chi connectivity index (χ3v) is 1.42. The highest BCUT2D eigenvalue weighted by atomic mass is 15.3. The first-order valence-corrected chi connectivity index (χ1v) is 3.21. The first-order valence-electron chi connectivity index (χ1n) is 3.21. The second-order valence-corrected chi connectivity index (χ2v) is 2.26. The lowest BCUT2D eigenvalue weighted by molar-refractivity contribution is 0.768. The van der Waals surface area contributed by atoms with Crippen molar-refractivity contribution in [1.82, 2.24) is 25.2 Å². The first kappa shape index (κ1) is 6.09. The molecule has 0 aliphatic carbocycles. The van der Waals surface area contributed by atoms with E-state index in [0.29, 0.717) is 0 Å². The summed E-state index contributed by atoms with van der Waals surface area (Å²) in [5, 5.41) is 14.2. The molecule has 0 aromatic carbocycles. The van der Waals surface area contributed by atoms with E-state index >= 15 is 0 Å². The molecular formula is C6H7N5. The summed E-state index contributed by atoms with van der Waals surface area (Å²) < 4.78 is 1.73. The van der Waals surface area contributed by atoms with Crippen molar-refractivity contribution in [2.24, 2.45) is 7.05 Å². The van der Waals surface area contributed by atoms with Gasteiger partial charge in [-0.15, -0.1) is 0 Å². The van der Waals surface area contributed by atoms with E-state index in [4.69, 9.17) is 0 Å². The maximum absolute atomic E-state index is 4.01. The van der Waals surface area contributed by atoms with Gasteiger partial charge in [0.15, 0.2) is 0 Å². The average molecular weight is 149 g/mol. The van der Waals surface area contributed by atoms with Crippen molar-refractivity contribution in [3.8, 4) is 11.3 Å². The predicted molar refractivity (Wildman–Crippen MR) is 38.6 cm³/mol. The van der Waals surface area contributed by atoms with E-state index in [0.717, 1.165) is 11.3 Å². The molecule has 0 aliphatic heterocycles. The van der Waals surface area contributed by atoms with Crippen LogP contribution in [0.2, 0.25) is 0 Å². The van der Waals surface area contributed by atoms with Gasteiger partial charge in [0.2, 0.25) is 0 Å². The molecule has 5 heteroatoms. The Morgan fingerprint density at radius 2 is 2.36 bits per heavy atom. The van der Waals surface area contributed by atoms with Gasteiger partial charge in [0.1, 0.15) is 5.69 Å². The van der Waals surface area contributed by atoms with Crippen LogP contribution in [0.25, 0.3) is 11.3 Å². The van der Waals surface area contributed by atoms with Crippen molar-refractivity contribution >= 4 is 0 Å². The molecule has 0 saturated heterocycles. The summed E-state index contributed by atoms with van der Waals surface area (Å²) in [6.07, 6.45) is 5.30. The van der Waals surface area contributed by atoms with Crippen LogP contribution in [0.3, 0.4) is 0 Å². The SMILES string of the molecule is Cn1cc(-c2cn[nH]n2)cn1. The molecule has 0 unspecified atom stereocenters. The number of rotatable bonds is 1. The molecule has 0 spiro atoms. The summed E-state index contributed by atoms with van der Waals surface area (Å²) in [5.74, 6) is 0. The highest BCUT2D eigenvalue weighted by Gasteiger charge is 2.00. The van der Waals surface area contributed by atoms with E-state index < -0.39 is 0 Å². The molecule has 0 fully saturated rings. The highest BCUT2D eigenvalue weighted by molar-refractivity contribution is 5.54. The number of aromatic nitrogens is 5. The maximum atomic E-state index is 4.01. The quantitative estimate of drug-likeness (QED) is 0.630. The summed E-state index contributed by atoms with van der Waals surface area (Å²) in [6, 6.07) is 0. The van der Waals surface area contributed by atoms with Crippen molar-refractivity contribution in [2.75, 3.05) is 0 Å². The normalized spacial score (nSPS) is 10.3.